The first-order valence-electron chi connectivity index (χ1n) is 32.2. The number of hydrogen-bond donors (Lipinski definition) is 3. The van der Waals surface area contributed by atoms with Gasteiger partial charge in [-0.3, -0.25) is 4.85 Å². The number of benzene rings is 6. The maximum atomic E-state index is 13.7. The number of aromatic nitrogens is 12. The highest BCUT2D eigenvalue weighted by molar-refractivity contribution is 5.82. The molecular formula is C72H36F18N24. The number of allylic oxidation sites excluding steroid dienone is 2. The number of aryl methyl sites for hydroxylation is 6. The lowest BCUT2D eigenvalue weighted by molar-refractivity contribution is -0.162. The topological polar surface area (TPSA) is 341 Å². The summed E-state index contributed by atoms with van der Waals surface area (Å²) in [5.41, 5.74) is -8.97. The van der Waals surface area contributed by atoms with E-state index < -0.39 is 173 Å². The van der Waals surface area contributed by atoms with Gasteiger partial charge < -0.3 is 15.0 Å². The minimum absolute atomic E-state index is 0.0236. The van der Waals surface area contributed by atoms with E-state index in [4.69, 9.17) is 13.1 Å². The Morgan fingerprint density at radius 3 is 1.07 bits per heavy atom. The molecule has 5 aromatic heterocycles. The van der Waals surface area contributed by atoms with Crippen molar-refractivity contribution in [1.29, 1.82) is 21.0 Å². The molecule has 0 radical (unpaired) electrons. The standard InChI is InChI=1S/C36H21F9N12.C36H15F9N12/c2*1-13-5-21-22(6-14(13)2)50-28(49-21)16(11-46)30-55-31(17(12-47)29-51-25-9-19(35(40,41)42)20(36(43,44)45)10-26(25)52-29)57-33(56-30)27(48-4)32-53-23-7-15(3)18(34(37,38)39)8-24(23)54-32/h5-10,16-17,27H,1-3H3,(H,49,50)(H,51,52)(H,53,54);5-10H,1-3H3/b;32-27+. The van der Waals surface area contributed by atoms with E-state index in [9.17, 15) is 100 Å². The first-order valence-corrected chi connectivity index (χ1v) is 32.2. The van der Waals surface area contributed by atoms with Crippen molar-refractivity contribution in [3.8, 4) is 24.3 Å². The number of halogens is 18. The van der Waals surface area contributed by atoms with Crippen LogP contribution in [0.1, 0.15) is 137 Å². The Morgan fingerprint density at radius 2 is 0.649 bits per heavy atom. The molecule has 3 N–H and O–H groups in total. The van der Waals surface area contributed by atoms with Crippen molar-refractivity contribution >= 4 is 49.9 Å². The third kappa shape index (κ3) is 14.6. The molecule has 42 heteroatoms. The van der Waals surface area contributed by atoms with Gasteiger partial charge in [-0.1, -0.05) is 0 Å². The minimum atomic E-state index is -5.46. The van der Waals surface area contributed by atoms with Crippen LogP contribution in [0.2, 0.25) is 0 Å². The second kappa shape index (κ2) is 27.8. The number of nitrogens with one attached hydrogen (secondary N) is 3. The van der Waals surface area contributed by atoms with Gasteiger partial charge >= 0.3 is 43.1 Å². The van der Waals surface area contributed by atoms with Crippen LogP contribution in [-0.4, -0.2) is 59.8 Å². The highest BCUT2D eigenvalue weighted by Gasteiger charge is 2.46. The summed E-state index contributed by atoms with van der Waals surface area (Å²) in [6, 6.07) is 17.0. The van der Waals surface area contributed by atoms with Gasteiger partial charge in [0.15, 0.2) is 64.2 Å². The molecule has 0 spiro atoms. The molecular weight excluding hydrogens is 1540 g/mol. The maximum absolute atomic E-state index is 13.7. The van der Waals surface area contributed by atoms with Crippen LogP contribution in [0.5, 0.6) is 0 Å². The first-order chi connectivity index (χ1) is 53.4. The summed E-state index contributed by atoms with van der Waals surface area (Å²) in [7, 11) is 0. The fourth-order valence-corrected chi connectivity index (χ4v) is 12.0. The van der Waals surface area contributed by atoms with Gasteiger partial charge in [-0.2, -0.15) is 100 Å². The Kier molecular flexibility index (Phi) is 18.9. The molecule has 6 aromatic carbocycles. The predicted molar refractivity (Wildman–Crippen MR) is 355 cm³/mol. The summed E-state index contributed by atoms with van der Waals surface area (Å²) in [6.45, 7) is 25.7. The van der Waals surface area contributed by atoms with Crippen LogP contribution in [0, 0.1) is 100 Å². The lowest BCUT2D eigenvalue weighted by atomic mass is 10.1. The van der Waals surface area contributed by atoms with Gasteiger partial charge in [0.05, 0.1) is 117 Å². The van der Waals surface area contributed by atoms with E-state index in [-0.39, 0.29) is 80.4 Å². The summed E-state index contributed by atoms with van der Waals surface area (Å²) >= 11 is 0. The second-order valence-electron chi connectivity index (χ2n) is 25.3. The number of nitrogens with zero attached hydrogens (tertiary/aromatic N) is 21. The Hall–Kier alpha value is -14.6. The molecule has 570 valence electrons. The molecule has 3 aliphatic heterocycles. The number of imidazole rings is 3. The molecule has 0 amide bonds. The van der Waals surface area contributed by atoms with Crippen molar-refractivity contribution in [3.05, 3.63) is 264 Å². The van der Waals surface area contributed by atoms with Crippen molar-refractivity contribution in [2.45, 2.75) is 96.5 Å². The van der Waals surface area contributed by atoms with Crippen LogP contribution < -0.4 is 32.1 Å². The van der Waals surface area contributed by atoms with E-state index >= 15 is 0 Å². The average Bonchev–Trinajstić information content (AvgIpc) is 1.54. The van der Waals surface area contributed by atoms with Gasteiger partial charge in [-0.25, -0.2) is 86.2 Å². The molecule has 14 rings (SSSR count). The molecule has 8 heterocycles. The van der Waals surface area contributed by atoms with Gasteiger partial charge in [0, 0.05) is 0 Å². The quantitative estimate of drug-likeness (QED) is 0.0688. The smallest absolute Gasteiger partial charge is 0.340 e. The van der Waals surface area contributed by atoms with Crippen molar-refractivity contribution in [3.63, 3.8) is 0 Å². The van der Waals surface area contributed by atoms with Gasteiger partial charge in [-0.15, -0.1) is 0 Å². The summed E-state index contributed by atoms with van der Waals surface area (Å²) < 4.78 is 247. The Balaban J connectivity index is 0.000000199. The highest BCUT2D eigenvalue weighted by Crippen LogP contribution is 2.44. The predicted octanol–water partition coefficient (Wildman–Crippen LogP) is 13.4. The number of rotatable bonds is 9. The summed E-state index contributed by atoms with van der Waals surface area (Å²) in [5.74, 6) is -8.69. The summed E-state index contributed by atoms with van der Waals surface area (Å²) in [4.78, 5) is 78.0. The average molecular weight is 1580 g/mol. The zero-order valence-corrected chi connectivity index (χ0v) is 57.9. The van der Waals surface area contributed by atoms with Crippen molar-refractivity contribution < 1.29 is 79.0 Å². The minimum Gasteiger partial charge on any atom is -0.340 e. The normalized spacial score (nSPS) is 14.5. The monoisotopic (exact) mass is 1580 g/mol. The fraction of sp³-hybridized carbons (Fsp3) is 0.208. The van der Waals surface area contributed by atoms with E-state index in [0.29, 0.717) is 21.7 Å². The Morgan fingerprint density at radius 1 is 0.342 bits per heavy atom. The summed E-state index contributed by atoms with van der Waals surface area (Å²) in [6.07, 6.45) is -31.2. The molecule has 11 aromatic rings. The number of nitriles is 4. The fourth-order valence-electron chi connectivity index (χ4n) is 12.0. The van der Waals surface area contributed by atoms with Crippen LogP contribution in [0.4, 0.5) is 79.0 Å². The van der Waals surface area contributed by atoms with E-state index in [1.807, 2.05) is 45.9 Å². The number of aromatic amines is 3. The number of alkyl halides is 18. The molecule has 3 atom stereocenters. The van der Waals surface area contributed by atoms with E-state index in [1.165, 1.54) is 19.9 Å². The van der Waals surface area contributed by atoms with Gasteiger partial charge in [0.1, 0.15) is 34.9 Å². The van der Waals surface area contributed by atoms with Crippen LogP contribution in [0.15, 0.2) is 120 Å². The first kappa shape index (κ1) is 77.6. The lowest BCUT2D eigenvalue weighted by Gasteiger charge is -2.15. The molecule has 0 fully saturated rings. The molecule has 0 aliphatic carbocycles. The molecule has 0 saturated carbocycles. The Bertz CT molecular complexity index is 6660. The van der Waals surface area contributed by atoms with E-state index in [1.54, 1.807) is 30.3 Å². The van der Waals surface area contributed by atoms with E-state index in [0.717, 1.165) is 40.5 Å². The molecule has 0 saturated heterocycles. The summed E-state index contributed by atoms with van der Waals surface area (Å²) in [5, 5.41) is 40.5. The SMILES string of the molecule is [C-]#[N+]/C(=C1\N=c2cc(C)c(C(F)(F)F)cc2=N1)c1nc(C(C#N)=C2N=c3cc(C)c(C)cc3=N2)nc(C(C#N)=C2N=c3cc(C(F)(F)F)c(C(F)(F)F)cc3=N2)n1.[C-]#[N+]C(c1nc(C(C#N)c2nc3cc(C)c(C)cc3[nH]2)nc(C(C#N)c2nc3cc(C(F)(F)F)c(C(F)(F)F)cc3[nH]2)n1)c1nc2cc(C(F)(F)F)c(C)cc2[nH]1. The van der Waals surface area contributed by atoms with Crippen LogP contribution in [0.3, 0.4) is 0 Å². The zero-order chi connectivity index (χ0) is 82.7. The number of fused-ring (bicyclic) bond motifs is 6. The van der Waals surface area contributed by atoms with Gasteiger partial charge in [-0.05, 0) is 148 Å². The van der Waals surface area contributed by atoms with Crippen molar-refractivity contribution in [2.75, 3.05) is 0 Å². The van der Waals surface area contributed by atoms with Gasteiger partial charge in [0.25, 0.3) is 5.70 Å². The molecule has 3 unspecified atom stereocenters. The molecule has 0 bridgehead atoms. The zero-order valence-electron chi connectivity index (χ0n) is 57.9. The van der Waals surface area contributed by atoms with Crippen molar-refractivity contribution in [2.24, 2.45) is 30.0 Å². The van der Waals surface area contributed by atoms with E-state index in [2.05, 4.69) is 99.5 Å². The molecule has 114 heavy (non-hydrogen) atoms. The maximum Gasteiger partial charge on any atom is 0.417 e. The van der Waals surface area contributed by atoms with Crippen molar-refractivity contribution in [1.82, 2.24) is 59.8 Å². The number of hydrogen-bond acceptors (Lipinski definition) is 19. The third-order valence-corrected chi connectivity index (χ3v) is 17.7. The second-order valence-corrected chi connectivity index (χ2v) is 25.3. The van der Waals surface area contributed by atoms with Crippen LogP contribution in [0.25, 0.3) is 59.6 Å². The number of H-pyrrole nitrogens is 3. The van der Waals surface area contributed by atoms with Gasteiger partial charge in [0.2, 0.25) is 5.82 Å². The molecule has 24 nitrogen and oxygen atoms in total. The highest BCUT2D eigenvalue weighted by atomic mass is 19.4. The largest absolute Gasteiger partial charge is 0.417 e. The molecule has 3 aliphatic rings. The Labute approximate surface area is 622 Å². The third-order valence-electron chi connectivity index (χ3n) is 17.7. The lowest BCUT2D eigenvalue weighted by Crippen LogP contribution is -2.29. The van der Waals surface area contributed by atoms with Crippen LogP contribution in [-0.2, 0) is 37.1 Å². The van der Waals surface area contributed by atoms with Crippen LogP contribution >= 0.6 is 0 Å².